The summed E-state index contributed by atoms with van der Waals surface area (Å²) in [6.07, 6.45) is 10.9. The van der Waals surface area contributed by atoms with Gasteiger partial charge < -0.3 is 4.84 Å². The zero-order valence-corrected chi connectivity index (χ0v) is 9.74. The van der Waals surface area contributed by atoms with E-state index in [-0.39, 0.29) is 6.61 Å². The van der Waals surface area contributed by atoms with Gasteiger partial charge in [0.1, 0.15) is 0 Å². The molecule has 0 saturated heterocycles. The van der Waals surface area contributed by atoms with Crippen molar-refractivity contribution in [2.24, 2.45) is 0 Å². The Morgan fingerprint density at radius 1 is 0.933 bits per heavy atom. The van der Waals surface area contributed by atoms with E-state index in [1.807, 2.05) is 0 Å². The van der Waals surface area contributed by atoms with Crippen molar-refractivity contribution in [2.75, 3.05) is 6.61 Å². The molecule has 0 N–H and O–H groups in total. The Kier molecular flexibility index (Phi) is 10.7. The van der Waals surface area contributed by atoms with Gasteiger partial charge in [-0.25, -0.2) is 0 Å². The molecule has 0 amide bonds. The van der Waals surface area contributed by atoms with Gasteiger partial charge in [-0.1, -0.05) is 58.3 Å². The van der Waals surface area contributed by atoms with Gasteiger partial charge in [0, 0.05) is 0 Å². The van der Waals surface area contributed by atoms with Gasteiger partial charge >= 0.3 is 0 Å². The lowest BCUT2D eigenvalue weighted by molar-refractivity contribution is -0.757. The van der Waals surface area contributed by atoms with Crippen LogP contribution in [-0.2, 0) is 4.84 Å². The van der Waals surface area contributed by atoms with Crippen LogP contribution in [-0.4, -0.2) is 11.7 Å². The molecule has 0 aromatic heterocycles. The highest BCUT2D eigenvalue weighted by molar-refractivity contribution is 4.46. The van der Waals surface area contributed by atoms with Crippen LogP contribution in [0.1, 0.15) is 64.7 Å². The summed E-state index contributed by atoms with van der Waals surface area (Å²) in [5.74, 6) is 0. The Balaban J connectivity index is 2.89. The van der Waals surface area contributed by atoms with Crippen molar-refractivity contribution in [2.45, 2.75) is 64.7 Å². The maximum Gasteiger partial charge on any atom is 0.294 e. The monoisotopic (exact) mass is 217 g/mol. The Bertz CT molecular complexity index is 151. The van der Waals surface area contributed by atoms with Crippen LogP contribution in [0.2, 0.25) is 0 Å². The fraction of sp³-hybridized carbons (Fsp3) is 1.00. The minimum absolute atomic E-state index is 0.253. The lowest BCUT2D eigenvalue weighted by atomic mass is 10.1. The molecule has 0 unspecified atom stereocenters. The molecular formula is C11H23NO3. The maximum absolute atomic E-state index is 9.82. The van der Waals surface area contributed by atoms with E-state index in [4.69, 9.17) is 0 Å². The molecule has 0 aliphatic rings. The fourth-order valence-electron chi connectivity index (χ4n) is 1.55. The zero-order chi connectivity index (χ0) is 11.4. The van der Waals surface area contributed by atoms with Gasteiger partial charge in [0.2, 0.25) is 0 Å². The highest BCUT2D eigenvalue weighted by Gasteiger charge is 1.95. The van der Waals surface area contributed by atoms with Gasteiger partial charge in [0.05, 0.1) is 6.61 Å². The number of nitrogens with zero attached hydrogens (tertiary/aromatic N) is 1. The van der Waals surface area contributed by atoms with Gasteiger partial charge in [0.25, 0.3) is 5.09 Å². The van der Waals surface area contributed by atoms with Crippen LogP contribution < -0.4 is 0 Å². The van der Waals surface area contributed by atoms with Gasteiger partial charge in [-0.3, -0.25) is 0 Å². The van der Waals surface area contributed by atoms with Crippen molar-refractivity contribution in [1.82, 2.24) is 0 Å². The molecule has 0 aliphatic heterocycles. The first-order valence-electron chi connectivity index (χ1n) is 6.04. The molecule has 15 heavy (non-hydrogen) atoms. The molecule has 90 valence electrons. The molecule has 0 aliphatic carbocycles. The fourth-order valence-corrected chi connectivity index (χ4v) is 1.55. The summed E-state index contributed by atoms with van der Waals surface area (Å²) < 4.78 is 0. The minimum atomic E-state index is -0.718. The molecule has 0 aromatic rings. The van der Waals surface area contributed by atoms with Crippen LogP contribution in [0.15, 0.2) is 0 Å². The normalized spacial score (nSPS) is 10.2. The summed E-state index contributed by atoms with van der Waals surface area (Å²) in [6.45, 7) is 2.47. The Morgan fingerprint density at radius 2 is 1.40 bits per heavy atom. The summed E-state index contributed by atoms with van der Waals surface area (Å²) in [4.78, 5) is 14.0. The second kappa shape index (κ2) is 11.3. The number of hydrogen-bond donors (Lipinski definition) is 0. The van der Waals surface area contributed by atoms with Crippen molar-refractivity contribution < 1.29 is 9.92 Å². The van der Waals surface area contributed by atoms with Gasteiger partial charge in [-0.2, -0.15) is 0 Å². The van der Waals surface area contributed by atoms with E-state index in [2.05, 4.69) is 11.8 Å². The Morgan fingerprint density at radius 3 is 1.87 bits per heavy atom. The first-order valence-corrected chi connectivity index (χ1v) is 6.04. The number of rotatable bonds is 11. The molecule has 0 atom stereocenters. The van der Waals surface area contributed by atoms with E-state index in [9.17, 15) is 10.1 Å². The molecule has 0 rings (SSSR count). The summed E-state index contributed by atoms with van der Waals surface area (Å²) in [6, 6.07) is 0. The molecule has 0 spiro atoms. The average molecular weight is 217 g/mol. The summed E-state index contributed by atoms with van der Waals surface area (Å²) in [5, 5.41) is 9.10. The van der Waals surface area contributed by atoms with E-state index in [1.165, 1.54) is 44.9 Å². The van der Waals surface area contributed by atoms with Crippen LogP contribution in [0.3, 0.4) is 0 Å². The summed E-state index contributed by atoms with van der Waals surface area (Å²) in [7, 11) is 0. The highest BCUT2D eigenvalue weighted by atomic mass is 16.9. The Labute approximate surface area is 92.1 Å². The van der Waals surface area contributed by atoms with Crippen molar-refractivity contribution in [3.8, 4) is 0 Å². The maximum atomic E-state index is 9.82. The zero-order valence-electron chi connectivity index (χ0n) is 9.74. The first kappa shape index (κ1) is 14.2. The van der Waals surface area contributed by atoms with Crippen LogP contribution in [0.4, 0.5) is 0 Å². The van der Waals surface area contributed by atoms with Crippen molar-refractivity contribution in [3.05, 3.63) is 10.1 Å². The lowest BCUT2D eigenvalue weighted by Gasteiger charge is -2.01. The van der Waals surface area contributed by atoms with E-state index < -0.39 is 5.09 Å². The molecule has 4 heteroatoms. The molecule has 0 bridgehead atoms. The third-order valence-corrected chi connectivity index (χ3v) is 2.44. The third kappa shape index (κ3) is 13.2. The summed E-state index contributed by atoms with van der Waals surface area (Å²) in [5.41, 5.74) is 0. The molecule has 0 fully saturated rings. The standard InChI is InChI=1S/C11H23NO3/c1-2-3-4-5-6-7-8-9-10-11-15-12(13)14/h2-11H2,1H3. The van der Waals surface area contributed by atoms with Crippen LogP contribution in [0.5, 0.6) is 0 Å². The first-order chi connectivity index (χ1) is 7.27. The third-order valence-electron chi connectivity index (χ3n) is 2.44. The van der Waals surface area contributed by atoms with Crippen molar-refractivity contribution in [1.29, 1.82) is 0 Å². The number of hydrogen-bond acceptors (Lipinski definition) is 3. The molecule has 0 saturated carbocycles. The van der Waals surface area contributed by atoms with Gasteiger partial charge in [0.15, 0.2) is 0 Å². The van der Waals surface area contributed by atoms with Crippen molar-refractivity contribution >= 4 is 0 Å². The Hall–Kier alpha value is -0.800. The van der Waals surface area contributed by atoms with Crippen molar-refractivity contribution in [3.63, 3.8) is 0 Å². The molecule has 0 heterocycles. The van der Waals surface area contributed by atoms with E-state index in [1.54, 1.807) is 0 Å². The van der Waals surface area contributed by atoms with Gasteiger partial charge in [-0.15, -0.1) is 10.1 Å². The van der Waals surface area contributed by atoms with Crippen LogP contribution >= 0.6 is 0 Å². The topological polar surface area (TPSA) is 52.4 Å². The van der Waals surface area contributed by atoms with Crippen LogP contribution in [0, 0.1) is 10.1 Å². The summed E-state index contributed by atoms with van der Waals surface area (Å²) >= 11 is 0. The van der Waals surface area contributed by atoms with E-state index in [0.717, 1.165) is 12.8 Å². The van der Waals surface area contributed by atoms with E-state index >= 15 is 0 Å². The highest BCUT2D eigenvalue weighted by Crippen LogP contribution is 2.09. The predicted molar refractivity (Wildman–Crippen MR) is 60.2 cm³/mol. The lowest BCUT2D eigenvalue weighted by Crippen LogP contribution is -2.01. The molecule has 0 radical (unpaired) electrons. The largest absolute Gasteiger partial charge is 0.314 e. The van der Waals surface area contributed by atoms with E-state index in [0.29, 0.717) is 0 Å². The smallest absolute Gasteiger partial charge is 0.294 e. The second-order valence-corrected chi connectivity index (χ2v) is 3.89. The molecule has 0 aromatic carbocycles. The SMILES string of the molecule is CCCCCCCCCCCO[N+](=O)[O-]. The number of unbranched alkanes of at least 4 members (excludes halogenated alkanes) is 8. The molecular weight excluding hydrogens is 194 g/mol. The second-order valence-electron chi connectivity index (χ2n) is 3.89. The van der Waals surface area contributed by atoms with Gasteiger partial charge in [-0.05, 0) is 6.42 Å². The average Bonchev–Trinajstić information content (AvgIpc) is 2.20. The minimum Gasteiger partial charge on any atom is -0.314 e. The predicted octanol–water partition coefficient (Wildman–Crippen LogP) is 3.73. The quantitative estimate of drug-likeness (QED) is 0.301. The molecule has 4 nitrogen and oxygen atoms in total. The van der Waals surface area contributed by atoms with Crippen LogP contribution in [0.25, 0.3) is 0 Å².